The summed E-state index contributed by atoms with van der Waals surface area (Å²) in [6.45, 7) is 4.08. The number of rotatable bonds is 2. The van der Waals surface area contributed by atoms with Crippen LogP contribution in [0, 0.1) is 6.92 Å². The van der Waals surface area contributed by atoms with Crippen molar-refractivity contribution in [3.05, 3.63) is 17.5 Å². The SMILES string of the molecule is CNC(C)c1cc(C)[nH]n1. The number of hydrogen-bond acceptors (Lipinski definition) is 2. The molecule has 2 N–H and O–H groups in total. The minimum atomic E-state index is 0.338. The van der Waals surface area contributed by atoms with Crippen molar-refractivity contribution in [1.82, 2.24) is 15.5 Å². The summed E-state index contributed by atoms with van der Waals surface area (Å²) < 4.78 is 0. The first-order chi connectivity index (χ1) is 4.74. The summed E-state index contributed by atoms with van der Waals surface area (Å²) in [6.07, 6.45) is 0. The highest BCUT2D eigenvalue weighted by molar-refractivity contribution is 5.09. The molecule has 10 heavy (non-hydrogen) atoms. The topological polar surface area (TPSA) is 40.7 Å². The lowest BCUT2D eigenvalue weighted by Gasteiger charge is -2.03. The number of aromatic nitrogens is 2. The molecular weight excluding hydrogens is 126 g/mol. The average molecular weight is 139 g/mol. The monoisotopic (exact) mass is 139 g/mol. The van der Waals surface area contributed by atoms with Crippen LogP contribution in [-0.2, 0) is 0 Å². The zero-order chi connectivity index (χ0) is 7.56. The first-order valence-corrected chi connectivity index (χ1v) is 3.43. The van der Waals surface area contributed by atoms with Gasteiger partial charge in [-0.05, 0) is 27.0 Å². The normalized spacial score (nSPS) is 13.5. The molecule has 1 heterocycles. The van der Waals surface area contributed by atoms with Gasteiger partial charge in [0.2, 0.25) is 0 Å². The second kappa shape index (κ2) is 2.84. The Kier molecular flexibility index (Phi) is 2.06. The molecule has 0 bridgehead atoms. The molecule has 0 spiro atoms. The maximum Gasteiger partial charge on any atom is 0.0791 e. The van der Waals surface area contributed by atoms with Crippen molar-refractivity contribution < 1.29 is 0 Å². The van der Waals surface area contributed by atoms with Crippen LogP contribution in [0.3, 0.4) is 0 Å². The fraction of sp³-hybridized carbons (Fsp3) is 0.571. The van der Waals surface area contributed by atoms with E-state index in [0.717, 1.165) is 11.4 Å². The third-order valence-corrected chi connectivity index (χ3v) is 1.60. The van der Waals surface area contributed by atoms with Gasteiger partial charge < -0.3 is 5.32 Å². The van der Waals surface area contributed by atoms with Gasteiger partial charge in [0.25, 0.3) is 0 Å². The second-order valence-corrected chi connectivity index (χ2v) is 2.49. The van der Waals surface area contributed by atoms with Crippen molar-refractivity contribution in [2.75, 3.05) is 7.05 Å². The summed E-state index contributed by atoms with van der Waals surface area (Å²) in [6, 6.07) is 2.38. The lowest BCUT2D eigenvalue weighted by Crippen LogP contribution is -2.12. The molecule has 1 aromatic heterocycles. The fourth-order valence-corrected chi connectivity index (χ4v) is 0.809. The van der Waals surface area contributed by atoms with Gasteiger partial charge in [0.15, 0.2) is 0 Å². The van der Waals surface area contributed by atoms with Crippen LogP contribution in [0.2, 0.25) is 0 Å². The molecule has 3 heteroatoms. The number of nitrogens with one attached hydrogen (secondary N) is 2. The average Bonchev–Trinajstić information content (AvgIpc) is 2.34. The molecule has 0 aromatic carbocycles. The van der Waals surface area contributed by atoms with Crippen LogP contribution in [0.1, 0.15) is 24.4 Å². The smallest absolute Gasteiger partial charge is 0.0791 e. The van der Waals surface area contributed by atoms with E-state index in [4.69, 9.17) is 0 Å². The summed E-state index contributed by atoms with van der Waals surface area (Å²) in [5.41, 5.74) is 2.18. The van der Waals surface area contributed by atoms with Gasteiger partial charge in [0.1, 0.15) is 0 Å². The largest absolute Gasteiger partial charge is 0.312 e. The molecule has 1 rings (SSSR count). The molecule has 1 atom stereocenters. The first kappa shape index (κ1) is 7.28. The van der Waals surface area contributed by atoms with Crippen LogP contribution in [-0.4, -0.2) is 17.2 Å². The molecule has 0 aliphatic rings. The second-order valence-electron chi connectivity index (χ2n) is 2.49. The zero-order valence-corrected chi connectivity index (χ0v) is 6.60. The van der Waals surface area contributed by atoms with E-state index in [1.54, 1.807) is 0 Å². The highest BCUT2D eigenvalue weighted by atomic mass is 15.1. The number of hydrogen-bond donors (Lipinski definition) is 2. The highest BCUT2D eigenvalue weighted by Crippen LogP contribution is 2.07. The molecule has 0 saturated heterocycles. The highest BCUT2D eigenvalue weighted by Gasteiger charge is 2.03. The summed E-state index contributed by atoms with van der Waals surface area (Å²) in [4.78, 5) is 0. The van der Waals surface area contributed by atoms with E-state index < -0.39 is 0 Å². The molecule has 0 aliphatic heterocycles. The summed E-state index contributed by atoms with van der Waals surface area (Å²) in [7, 11) is 1.93. The van der Waals surface area contributed by atoms with Crippen LogP contribution < -0.4 is 5.32 Å². The van der Waals surface area contributed by atoms with Gasteiger partial charge in [0, 0.05) is 11.7 Å². The number of nitrogens with zero attached hydrogens (tertiary/aromatic N) is 1. The van der Waals surface area contributed by atoms with Crippen LogP contribution >= 0.6 is 0 Å². The minimum Gasteiger partial charge on any atom is -0.312 e. The quantitative estimate of drug-likeness (QED) is 0.641. The van der Waals surface area contributed by atoms with E-state index in [1.807, 2.05) is 20.0 Å². The van der Waals surface area contributed by atoms with Gasteiger partial charge >= 0.3 is 0 Å². The third-order valence-electron chi connectivity index (χ3n) is 1.60. The zero-order valence-electron chi connectivity index (χ0n) is 6.60. The van der Waals surface area contributed by atoms with E-state index in [1.165, 1.54) is 0 Å². The number of H-pyrrole nitrogens is 1. The fourth-order valence-electron chi connectivity index (χ4n) is 0.809. The standard InChI is InChI=1S/C7H13N3/c1-5-4-7(10-9-5)6(2)8-3/h4,6,8H,1-3H3,(H,9,10). The number of aromatic amines is 1. The van der Waals surface area contributed by atoms with Gasteiger partial charge in [-0.25, -0.2) is 0 Å². The van der Waals surface area contributed by atoms with Gasteiger partial charge in [-0.1, -0.05) is 0 Å². The predicted molar refractivity (Wildman–Crippen MR) is 40.8 cm³/mol. The van der Waals surface area contributed by atoms with Crippen molar-refractivity contribution >= 4 is 0 Å². The van der Waals surface area contributed by atoms with Crippen molar-refractivity contribution in [2.24, 2.45) is 0 Å². The van der Waals surface area contributed by atoms with Crippen molar-refractivity contribution in [2.45, 2.75) is 19.9 Å². The van der Waals surface area contributed by atoms with Crippen molar-refractivity contribution in [3.63, 3.8) is 0 Å². The summed E-state index contributed by atoms with van der Waals surface area (Å²) in [5.74, 6) is 0. The van der Waals surface area contributed by atoms with Gasteiger partial charge in [-0.15, -0.1) is 0 Å². The van der Waals surface area contributed by atoms with Crippen LogP contribution in [0.5, 0.6) is 0 Å². The first-order valence-electron chi connectivity index (χ1n) is 3.43. The Hall–Kier alpha value is -0.830. The molecular formula is C7H13N3. The van der Waals surface area contributed by atoms with E-state index in [9.17, 15) is 0 Å². The Morgan fingerprint density at radius 1 is 1.70 bits per heavy atom. The minimum absolute atomic E-state index is 0.338. The van der Waals surface area contributed by atoms with Gasteiger partial charge in [-0.2, -0.15) is 5.10 Å². The van der Waals surface area contributed by atoms with Crippen molar-refractivity contribution in [1.29, 1.82) is 0 Å². The summed E-state index contributed by atoms with van der Waals surface area (Å²) in [5, 5.41) is 10.1. The Morgan fingerprint density at radius 3 is 2.80 bits per heavy atom. The lowest BCUT2D eigenvalue weighted by atomic mass is 10.2. The maximum atomic E-state index is 4.10. The molecule has 56 valence electrons. The number of aryl methyl sites for hydroxylation is 1. The lowest BCUT2D eigenvalue weighted by molar-refractivity contribution is 0.630. The molecule has 0 saturated carbocycles. The molecule has 0 fully saturated rings. The van der Waals surface area contributed by atoms with Crippen molar-refractivity contribution in [3.8, 4) is 0 Å². The molecule has 0 aliphatic carbocycles. The van der Waals surface area contributed by atoms with E-state index in [0.29, 0.717) is 6.04 Å². The predicted octanol–water partition coefficient (Wildman–Crippen LogP) is 0.999. The van der Waals surface area contributed by atoms with Crippen LogP contribution in [0.4, 0.5) is 0 Å². The van der Waals surface area contributed by atoms with Crippen LogP contribution in [0.25, 0.3) is 0 Å². The Balaban J connectivity index is 2.74. The van der Waals surface area contributed by atoms with E-state index >= 15 is 0 Å². The van der Waals surface area contributed by atoms with Crippen LogP contribution in [0.15, 0.2) is 6.07 Å². The Labute approximate surface area is 60.8 Å². The van der Waals surface area contributed by atoms with Gasteiger partial charge in [0.05, 0.1) is 5.69 Å². The van der Waals surface area contributed by atoms with E-state index in [2.05, 4.69) is 22.4 Å². The Morgan fingerprint density at radius 2 is 2.40 bits per heavy atom. The third kappa shape index (κ3) is 1.36. The molecule has 0 amide bonds. The Bertz CT molecular complexity index is 204. The molecule has 3 nitrogen and oxygen atoms in total. The van der Waals surface area contributed by atoms with Gasteiger partial charge in [-0.3, -0.25) is 5.10 Å². The summed E-state index contributed by atoms with van der Waals surface area (Å²) >= 11 is 0. The maximum absolute atomic E-state index is 4.10. The molecule has 1 unspecified atom stereocenters. The molecule has 0 radical (unpaired) electrons. The van der Waals surface area contributed by atoms with E-state index in [-0.39, 0.29) is 0 Å². The molecule has 1 aromatic rings.